The van der Waals surface area contributed by atoms with E-state index in [1.54, 1.807) is 13.1 Å². The lowest BCUT2D eigenvalue weighted by atomic mass is 9.98. The molecule has 0 radical (unpaired) electrons. The van der Waals surface area contributed by atoms with Crippen LogP contribution in [0.2, 0.25) is 0 Å². The lowest BCUT2D eigenvalue weighted by molar-refractivity contribution is 0.520. The van der Waals surface area contributed by atoms with Gasteiger partial charge in [-0.1, -0.05) is 22.0 Å². The number of likely N-dealkylation sites (N-methyl/N-ethyl adjacent to an activating group) is 1. The molecule has 0 spiro atoms. The van der Waals surface area contributed by atoms with Gasteiger partial charge >= 0.3 is 0 Å². The molecule has 0 saturated heterocycles. The van der Waals surface area contributed by atoms with E-state index in [-0.39, 0.29) is 11.9 Å². The highest BCUT2D eigenvalue weighted by atomic mass is 79.9. The van der Waals surface area contributed by atoms with Gasteiger partial charge in [0.1, 0.15) is 17.5 Å². The van der Waals surface area contributed by atoms with Gasteiger partial charge in [0.25, 0.3) is 0 Å². The van der Waals surface area contributed by atoms with E-state index in [2.05, 4.69) is 21.2 Å². The third kappa shape index (κ3) is 3.41. The van der Waals surface area contributed by atoms with Crippen molar-refractivity contribution in [1.82, 2.24) is 5.32 Å². The molecule has 20 heavy (non-hydrogen) atoms. The summed E-state index contributed by atoms with van der Waals surface area (Å²) in [6.07, 6.45) is 0.386. The Bertz CT molecular complexity index is 616. The summed E-state index contributed by atoms with van der Waals surface area (Å²) in [7, 11) is 1.68. The number of nitrogens with one attached hydrogen (secondary N) is 1. The fourth-order valence-corrected chi connectivity index (χ4v) is 2.48. The Labute approximate surface area is 123 Å². The van der Waals surface area contributed by atoms with Gasteiger partial charge in [0.2, 0.25) is 0 Å². The Morgan fingerprint density at radius 1 is 1.05 bits per heavy atom. The summed E-state index contributed by atoms with van der Waals surface area (Å²) in [5.41, 5.74) is 1.07. The molecular weight excluding hydrogens is 331 g/mol. The third-order valence-corrected chi connectivity index (χ3v) is 3.89. The van der Waals surface area contributed by atoms with Crippen molar-refractivity contribution in [3.05, 3.63) is 69.4 Å². The average molecular weight is 344 g/mol. The van der Waals surface area contributed by atoms with Gasteiger partial charge in [-0.2, -0.15) is 0 Å². The number of halogens is 4. The third-order valence-electron chi connectivity index (χ3n) is 3.12. The minimum absolute atomic E-state index is 0.349. The van der Waals surface area contributed by atoms with Crippen LogP contribution in [-0.4, -0.2) is 7.05 Å². The second-order valence-corrected chi connectivity index (χ2v) is 5.30. The molecule has 0 aliphatic heterocycles. The van der Waals surface area contributed by atoms with Crippen LogP contribution in [0.4, 0.5) is 13.2 Å². The van der Waals surface area contributed by atoms with Crippen molar-refractivity contribution in [2.24, 2.45) is 0 Å². The lowest BCUT2D eigenvalue weighted by Gasteiger charge is -2.18. The van der Waals surface area contributed by atoms with Crippen LogP contribution in [0.1, 0.15) is 17.2 Å². The maximum atomic E-state index is 13.8. The van der Waals surface area contributed by atoms with Crippen molar-refractivity contribution < 1.29 is 13.2 Å². The first kappa shape index (κ1) is 15.1. The maximum absolute atomic E-state index is 13.8. The van der Waals surface area contributed by atoms with Crippen molar-refractivity contribution in [1.29, 1.82) is 0 Å². The molecule has 0 heterocycles. The fraction of sp³-hybridized carbons (Fsp3) is 0.200. The molecular formula is C15H13BrF3N. The van der Waals surface area contributed by atoms with Gasteiger partial charge in [0.05, 0.1) is 0 Å². The van der Waals surface area contributed by atoms with Crippen LogP contribution < -0.4 is 5.32 Å². The molecule has 5 heteroatoms. The van der Waals surface area contributed by atoms with Crippen LogP contribution in [0.3, 0.4) is 0 Å². The van der Waals surface area contributed by atoms with Crippen LogP contribution in [0.5, 0.6) is 0 Å². The second kappa shape index (κ2) is 6.41. The Hall–Kier alpha value is -1.33. The van der Waals surface area contributed by atoms with Crippen molar-refractivity contribution in [3.63, 3.8) is 0 Å². The highest BCUT2D eigenvalue weighted by molar-refractivity contribution is 9.10. The lowest BCUT2D eigenvalue weighted by Crippen LogP contribution is -2.20. The normalized spacial score (nSPS) is 12.4. The van der Waals surface area contributed by atoms with E-state index in [0.717, 1.165) is 10.5 Å². The molecule has 1 N–H and O–H groups in total. The van der Waals surface area contributed by atoms with Gasteiger partial charge in [-0.15, -0.1) is 0 Å². The Kier molecular flexibility index (Phi) is 4.83. The predicted octanol–water partition coefficient (Wildman–Crippen LogP) is 4.37. The number of hydrogen-bond acceptors (Lipinski definition) is 1. The van der Waals surface area contributed by atoms with Crippen LogP contribution in [0.25, 0.3) is 0 Å². The van der Waals surface area contributed by atoms with E-state index in [9.17, 15) is 13.2 Å². The van der Waals surface area contributed by atoms with Gasteiger partial charge < -0.3 is 5.32 Å². The summed E-state index contributed by atoms with van der Waals surface area (Å²) in [5, 5.41) is 2.97. The number of benzene rings is 2. The zero-order valence-electron chi connectivity index (χ0n) is 10.8. The van der Waals surface area contributed by atoms with Gasteiger partial charge in [0.15, 0.2) is 0 Å². The van der Waals surface area contributed by atoms with Crippen LogP contribution >= 0.6 is 15.9 Å². The Morgan fingerprint density at radius 2 is 1.70 bits per heavy atom. The standard InChI is InChI=1S/C15H13BrF3N/c1-20-15(12-4-2-11(18)8-14(12)19)7-9-6-10(17)3-5-13(9)16/h2-6,8,15,20H,7H2,1H3. The predicted molar refractivity (Wildman–Crippen MR) is 76.0 cm³/mol. The topological polar surface area (TPSA) is 12.0 Å². The van der Waals surface area contributed by atoms with E-state index in [0.29, 0.717) is 17.5 Å². The highest BCUT2D eigenvalue weighted by Crippen LogP contribution is 2.26. The summed E-state index contributed by atoms with van der Waals surface area (Å²) in [6.45, 7) is 0. The van der Waals surface area contributed by atoms with E-state index in [4.69, 9.17) is 0 Å². The first-order chi connectivity index (χ1) is 9.51. The summed E-state index contributed by atoms with van der Waals surface area (Å²) < 4.78 is 40.8. The van der Waals surface area contributed by atoms with Crippen LogP contribution in [-0.2, 0) is 6.42 Å². The first-order valence-corrected chi connectivity index (χ1v) is 6.86. The summed E-state index contributed by atoms with van der Waals surface area (Å²) in [5.74, 6) is -1.58. The zero-order chi connectivity index (χ0) is 14.7. The Balaban J connectivity index is 2.31. The van der Waals surface area contributed by atoms with Gasteiger partial charge in [-0.25, -0.2) is 13.2 Å². The van der Waals surface area contributed by atoms with Crippen molar-refractivity contribution in [2.75, 3.05) is 7.05 Å². The average Bonchev–Trinajstić information content (AvgIpc) is 2.40. The summed E-state index contributed by atoms with van der Waals surface area (Å²) in [6, 6.07) is 7.45. The van der Waals surface area contributed by atoms with Crippen molar-refractivity contribution in [2.45, 2.75) is 12.5 Å². The second-order valence-electron chi connectivity index (χ2n) is 4.45. The molecule has 2 aromatic carbocycles. The molecule has 2 aromatic rings. The van der Waals surface area contributed by atoms with Gasteiger partial charge in [-0.3, -0.25) is 0 Å². The molecule has 0 bridgehead atoms. The fourth-order valence-electron chi connectivity index (χ4n) is 2.07. The minimum Gasteiger partial charge on any atom is -0.313 e. The first-order valence-electron chi connectivity index (χ1n) is 6.07. The maximum Gasteiger partial charge on any atom is 0.130 e. The van der Waals surface area contributed by atoms with Crippen LogP contribution in [0, 0.1) is 17.5 Å². The highest BCUT2D eigenvalue weighted by Gasteiger charge is 2.16. The molecule has 0 amide bonds. The Morgan fingerprint density at radius 3 is 2.35 bits per heavy atom. The van der Waals surface area contributed by atoms with E-state index in [1.807, 2.05) is 0 Å². The van der Waals surface area contributed by atoms with E-state index in [1.165, 1.54) is 24.3 Å². The molecule has 1 atom stereocenters. The van der Waals surface area contributed by atoms with Gasteiger partial charge in [0, 0.05) is 22.1 Å². The molecule has 0 fully saturated rings. The molecule has 106 valence electrons. The van der Waals surface area contributed by atoms with E-state index >= 15 is 0 Å². The van der Waals surface area contributed by atoms with Crippen molar-refractivity contribution in [3.8, 4) is 0 Å². The molecule has 0 aliphatic rings. The molecule has 1 unspecified atom stereocenters. The summed E-state index contributed by atoms with van der Waals surface area (Å²) in [4.78, 5) is 0. The van der Waals surface area contributed by atoms with Crippen molar-refractivity contribution >= 4 is 15.9 Å². The molecule has 2 rings (SSSR count). The molecule has 1 nitrogen and oxygen atoms in total. The summed E-state index contributed by atoms with van der Waals surface area (Å²) >= 11 is 3.34. The monoisotopic (exact) mass is 343 g/mol. The van der Waals surface area contributed by atoms with E-state index < -0.39 is 11.6 Å². The number of rotatable bonds is 4. The van der Waals surface area contributed by atoms with Gasteiger partial charge in [-0.05, 0) is 43.3 Å². The SMILES string of the molecule is CNC(Cc1cc(F)ccc1Br)c1ccc(F)cc1F. The minimum atomic E-state index is -0.618. The van der Waals surface area contributed by atoms with Crippen LogP contribution in [0.15, 0.2) is 40.9 Å². The molecule has 0 saturated carbocycles. The quantitative estimate of drug-likeness (QED) is 0.869. The molecule has 0 aliphatic carbocycles. The number of hydrogen-bond donors (Lipinski definition) is 1. The smallest absolute Gasteiger partial charge is 0.130 e. The zero-order valence-corrected chi connectivity index (χ0v) is 12.3. The largest absolute Gasteiger partial charge is 0.313 e. The molecule has 0 aromatic heterocycles.